The Hall–Kier alpha value is -2.36. The average molecular weight is 435 g/mol. The smallest absolute Gasteiger partial charge is 0.123 e. The van der Waals surface area contributed by atoms with Crippen molar-refractivity contribution in [2.24, 2.45) is 32.7 Å². The van der Waals surface area contributed by atoms with E-state index >= 15 is 0 Å². The molecule has 4 aliphatic rings. The Morgan fingerprint density at radius 2 is 1.22 bits per heavy atom. The number of rotatable bonds is 8. The monoisotopic (exact) mass is 434 g/mol. The first-order valence-electron chi connectivity index (χ1n) is 12.0. The maximum absolute atomic E-state index is 13.4. The molecule has 0 unspecified atom stereocenters. The molecule has 0 saturated heterocycles. The van der Waals surface area contributed by atoms with Crippen LogP contribution in [0.1, 0.15) is 62.5 Å². The predicted molar refractivity (Wildman–Crippen MR) is 127 cm³/mol. The number of hydrogen-bond donors (Lipinski definition) is 0. The molecule has 6 rings (SSSR count). The minimum atomic E-state index is -0.211. The number of nitrogens with zero attached hydrogens (tertiary/aromatic N) is 2. The average Bonchev–Trinajstić information content (AvgIpc) is 2.74. The number of halogens is 2. The Kier molecular flexibility index (Phi) is 5.96. The Morgan fingerprint density at radius 3 is 1.66 bits per heavy atom. The summed E-state index contributed by atoms with van der Waals surface area (Å²) in [6, 6.07) is 13.3. The third-order valence-electron chi connectivity index (χ3n) is 8.02. The topological polar surface area (TPSA) is 24.7 Å². The van der Waals surface area contributed by atoms with E-state index in [1.165, 1.54) is 62.8 Å². The van der Waals surface area contributed by atoms with Crippen LogP contribution in [0.5, 0.6) is 0 Å². The molecule has 4 heteroatoms. The zero-order valence-corrected chi connectivity index (χ0v) is 18.6. The zero-order valence-electron chi connectivity index (χ0n) is 18.6. The summed E-state index contributed by atoms with van der Waals surface area (Å²) < 4.78 is 26.8. The van der Waals surface area contributed by atoms with Crippen molar-refractivity contribution in [1.29, 1.82) is 0 Å². The van der Waals surface area contributed by atoms with Gasteiger partial charge in [0.05, 0.1) is 0 Å². The summed E-state index contributed by atoms with van der Waals surface area (Å²) in [6.45, 7) is 1.65. The van der Waals surface area contributed by atoms with Gasteiger partial charge in [-0.2, -0.15) is 0 Å². The Bertz CT molecular complexity index is 920. The molecule has 0 aromatic heterocycles. The standard InChI is InChI=1S/C28H32F2N2/c29-25-5-1-3-21(12-25)18-31-9-7-27-14-23-11-24(15-27)17-28(16-23,20-27)8-10-32-19-22-4-2-6-26(30)13-22/h1-6,12-13,18-19,23-24H,7-11,14-17,20H2. The van der Waals surface area contributed by atoms with E-state index in [-0.39, 0.29) is 11.6 Å². The van der Waals surface area contributed by atoms with Crippen molar-refractivity contribution >= 4 is 12.4 Å². The minimum Gasteiger partial charge on any atom is -0.293 e. The van der Waals surface area contributed by atoms with Gasteiger partial charge in [0.15, 0.2) is 0 Å². The van der Waals surface area contributed by atoms with Gasteiger partial charge in [0.1, 0.15) is 11.6 Å². The molecular weight excluding hydrogens is 402 g/mol. The molecular formula is C28H32F2N2. The van der Waals surface area contributed by atoms with Crippen LogP contribution in [-0.4, -0.2) is 25.5 Å². The van der Waals surface area contributed by atoms with Crippen LogP contribution in [-0.2, 0) is 0 Å². The van der Waals surface area contributed by atoms with Crippen molar-refractivity contribution < 1.29 is 8.78 Å². The largest absolute Gasteiger partial charge is 0.293 e. The second-order valence-electron chi connectivity index (χ2n) is 10.6. The van der Waals surface area contributed by atoms with Gasteiger partial charge in [-0.05, 0) is 109 Å². The Labute approximate surface area is 189 Å². The number of aliphatic imine (C=N–C) groups is 2. The SMILES string of the molecule is Fc1cccc(C=NCCC23CC4CC(C2)CC(CCN=Cc2cccc(F)c2)(C4)C3)c1. The molecule has 2 nitrogen and oxygen atoms in total. The summed E-state index contributed by atoms with van der Waals surface area (Å²) in [5, 5.41) is 0. The lowest BCUT2D eigenvalue weighted by Crippen LogP contribution is -2.52. The van der Waals surface area contributed by atoms with Gasteiger partial charge in [0, 0.05) is 25.5 Å². The van der Waals surface area contributed by atoms with Gasteiger partial charge in [-0.1, -0.05) is 24.3 Å². The molecule has 32 heavy (non-hydrogen) atoms. The van der Waals surface area contributed by atoms with Gasteiger partial charge >= 0.3 is 0 Å². The maximum atomic E-state index is 13.4. The zero-order chi connectivity index (χ0) is 22.0. The van der Waals surface area contributed by atoms with E-state index in [0.717, 1.165) is 48.9 Å². The minimum absolute atomic E-state index is 0.211. The molecule has 168 valence electrons. The van der Waals surface area contributed by atoms with Crippen molar-refractivity contribution in [3.8, 4) is 0 Å². The second-order valence-corrected chi connectivity index (χ2v) is 10.6. The van der Waals surface area contributed by atoms with Crippen LogP contribution >= 0.6 is 0 Å². The van der Waals surface area contributed by atoms with E-state index in [2.05, 4.69) is 9.98 Å². The van der Waals surface area contributed by atoms with Crippen LogP contribution in [0.15, 0.2) is 58.5 Å². The van der Waals surface area contributed by atoms with Gasteiger partial charge in [0.2, 0.25) is 0 Å². The fourth-order valence-corrected chi connectivity index (χ4v) is 7.35. The molecule has 2 aromatic rings. The summed E-state index contributed by atoms with van der Waals surface area (Å²) in [4.78, 5) is 9.30. The van der Waals surface area contributed by atoms with Crippen LogP contribution in [0.4, 0.5) is 8.78 Å². The molecule has 0 spiro atoms. The molecule has 0 radical (unpaired) electrons. The first-order valence-corrected chi connectivity index (χ1v) is 12.0. The first kappa shape index (κ1) is 21.5. The maximum Gasteiger partial charge on any atom is 0.123 e. The van der Waals surface area contributed by atoms with Gasteiger partial charge in [-0.3, -0.25) is 9.98 Å². The highest BCUT2D eigenvalue weighted by Crippen LogP contribution is 2.67. The highest BCUT2D eigenvalue weighted by Gasteiger charge is 2.56. The van der Waals surface area contributed by atoms with Gasteiger partial charge in [0.25, 0.3) is 0 Å². The molecule has 4 saturated carbocycles. The summed E-state index contributed by atoms with van der Waals surface area (Å²) in [5.41, 5.74) is 2.52. The van der Waals surface area contributed by atoms with Crippen molar-refractivity contribution in [3.63, 3.8) is 0 Å². The van der Waals surface area contributed by atoms with Crippen molar-refractivity contribution in [2.45, 2.75) is 51.4 Å². The summed E-state index contributed by atoms with van der Waals surface area (Å²) in [6.07, 6.45) is 14.0. The molecule has 4 bridgehead atoms. The number of benzene rings is 2. The van der Waals surface area contributed by atoms with Crippen molar-refractivity contribution in [1.82, 2.24) is 0 Å². The molecule has 4 aliphatic carbocycles. The van der Waals surface area contributed by atoms with Crippen molar-refractivity contribution in [2.75, 3.05) is 13.1 Å². The summed E-state index contributed by atoms with van der Waals surface area (Å²) >= 11 is 0. The quantitative estimate of drug-likeness (QED) is 0.405. The van der Waals surface area contributed by atoms with Crippen LogP contribution in [0.25, 0.3) is 0 Å². The Morgan fingerprint density at radius 1 is 0.750 bits per heavy atom. The summed E-state index contributed by atoms with van der Waals surface area (Å²) in [5.74, 6) is 1.29. The molecule has 0 heterocycles. The molecule has 0 amide bonds. The van der Waals surface area contributed by atoms with Gasteiger partial charge < -0.3 is 0 Å². The van der Waals surface area contributed by atoms with Gasteiger partial charge in [-0.25, -0.2) is 8.78 Å². The molecule has 0 N–H and O–H groups in total. The first-order chi connectivity index (χ1) is 15.5. The van der Waals surface area contributed by atoms with Crippen LogP contribution in [0.2, 0.25) is 0 Å². The fraction of sp³-hybridized carbons (Fsp3) is 0.500. The van der Waals surface area contributed by atoms with Crippen LogP contribution in [0.3, 0.4) is 0 Å². The highest BCUT2D eigenvalue weighted by atomic mass is 19.1. The fourth-order valence-electron chi connectivity index (χ4n) is 7.35. The van der Waals surface area contributed by atoms with Crippen LogP contribution in [0, 0.1) is 34.3 Å². The lowest BCUT2D eigenvalue weighted by molar-refractivity contribution is -0.115. The second kappa shape index (κ2) is 8.88. The number of hydrogen-bond acceptors (Lipinski definition) is 2. The normalized spacial score (nSPS) is 31.2. The molecule has 4 fully saturated rings. The molecule has 2 aromatic carbocycles. The van der Waals surface area contributed by atoms with E-state index in [9.17, 15) is 8.78 Å². The van der Waals surface area contributed by atoms with E-state index in [4.69, 9.17) is 0 Å². The van der Waals surface area contributed by atoms with E-state index in [0.29, 0.717) is 10.8 Å². The van der Waals surface area contributed by atoms with Crippen LogP contribution < -0.4 is 0 Å². The van der Waals surface area contributed by atoms with E-state index in [1.54, 1.807) is 12.1 Å². The predicted octanol–water partition coefficient (Wildman–Crippen LogP) is 6.87. The third-order valence-corrected chi connectivity index (χ3v) is 8.02. The Balaban J connectivity index is 1.20. The lowest BCUT2D eigenvalue weighted by atomic mass is 9.43. The van der Waals surface area contributed by atoms with Crippen molar-refractivity contribution in [3.05, 3.63) is 71.3 Å². The van der Waals surface area contributed by atoms with Gasteiger partial charge in [-0.15, -0.1) is 0 Å². The van der Waals surface area contributed by atoms with E-state index < -0.39 is 0 Å². The highest BCUT2D eigenvalue weighted by molar-refractivity contribution is 5.79. The molecule has 0 aliphatic heterocycles. The molecule has 0 atom stereocenters. The van der Waals surface area contributed by atoms with E-state index in [1.807, 2.05) is 24.6 Å². The summed E-state index contributed by atoms with van der Waals surface area (Å²) in [7, 11) is 0. The lowest BCUT2D eigenvalue weighted by Gasteiger charge is -2.62. The third kappa shape index (κ3) is 4.84.